The number of nitrogens with two attached hydrogens (primary N) is 1. The summed E-state index contributed by atoms with van der Waals surface area (Å²) in [6.45, 7) is 2.44. The van der Waals surface area contributed by atoms with Gasteiger partial charge in [0.05, 0.1) is 4.90 Å². The van der Waals surface area contributed by atoms with Crippen LogP contribution in [0.15, 0.2) is 23.1 Å². The molecule has 2 rings (SSSR count). The number of hydrogen-bond donors (Lipinski definition) is 1. The number of benzene rings is 1. The smallest absolute Gasteiger partial charge is 0.175 e. The fraction of sp³-hybridized carbons (Fsp3) is 0.538. The summed E-state index contributed by atoms with van der Waals surface area (Å²) in [4.78, 5) is 0.461. The average Bonchev–Trinajstić information content (AvgIpc) is 2.17. The van der Waals surface area contributed by atoms with Crippen molar-refractivity contribution in [1.82, 2.24) is 0 Å². The first-order valence-electron chi connectivity index (χ1n) is 5.90. The molecule has 2 N–H and O–H groups in total. The highest BCUT2D eigenvalue weighted by atomic mass is 32.2. The van der Waals surface area contributed by atoms with Crippen LogP contribution in [0.4, 0.5) is 0 Å². The standard InChI is InChI=1S/C13H19NO2S/c1-10-4-5-11(12(8-10)17(2,15)16)13(9-14)6-3-7-13/h4-5,8H,3,6-7,9,14H2,1-2H3. The highest BCUT2D eigenvalue weighted by Crippen LogP contribution is 2.45. The van der Waals surface area contributed by atoms with Gasteiger partial charge in [-0.05, 0) is 37.0 Å². The van der Waals surface area contributed by atoms with Crippen molar-refractivity contribution in [3.63, 3.8) is 0 Å². The molecule has 1 fully saturated rings. The maximum Gasteiger partial charge on any atom is 0.175 e. The lowest BCUT2D eigenvalue weighted by Gasteiger charge is -2.42. The van der Waals surface area contributed by atoms with Gasteiger partial charge in [-0.25, -0.2) is 8.42 Å². The second kappa shape index (κ2) is 4.10. The minimum atomic E-state index is -3.18. The lowest BCUT2D eigenvalue weighted by atomic mass is 9.64. The van der Waals surface area contributed by atoms with Gasteiger partial charge in [0.1, 0.15) is 0 Å². The summed E-state index contributed by atoms with van der Waals surface area (Å²) in [6.07, 6.45) is 4.40. The molecule has 0 aromatic heterocycles. The van der Waals surface area contributed by atoms with E-state index in [0.29, 0.717) is 11.4 Å². The van der Waals surface area contributed by atoms with Crippen LogP contribution in [-0.4, -0.2) is 21.2 Å². The van der Waals surface area contributed by atoms with Crippen LogP contribution in [-0.2, 0) is 15.3 Å². The number of aryl methyl sites for hydroxylation is 1. The van der Waals surface area contributed by atoms with Crippen LogP contribution in [0.3, 0.4) is 0 Å². The van der Waals surface area contributed by atoms with E-state index in [0.717, 1.165) is 30.4 Å². The van der Waals surface area contributed by atoms with Crippen molar-refractivity contribution in [3.8, 4) is 0 Å². The van der Waals surface area contributed by atoms with E-state index in [9.17, 15) is 8.42 Å². The van der Waals surface area contributed by atoms with E-state index >= 15 is 0 Å². The Morgan fingerprint density at radius 2 is 2.00 bits per heavy atom. The predicted molar refractivity (Wildman–Crippen MR) is 68.9 cm³/mol. The Kier molecular flexibility index (Phi) is 3.04. The normalized spacial score (nSPS) is 18.8. The van der Waals surface area contributed by atoms with E-state index in [1.807, 2.05) is 19.1 Å². The molecule has 17 heavy (non-hydrogen) atoms. The van der Waals surface area contributed by atoms with Gasteiger partial charge in [0.25, 0.3) is 0 Å². The summed E-state index contributed by atoms with van der Waals surface area (Å²) in [5.74, 6) is 0. The molecule has 0 saturated heterocycles. The fourth-order valence-electron chi connectivity index (χ4n) is 2.56. The molecule has 94 valence electrons. The molecule has 0 heterocycles. The maximum atomic E-state index is 11.9. The van der Waals surface area contributed by atoms with Crippen molar-refractivity contribution in [3.05, 3.63) is 29.3 Å². The van der Waals surface area contributed by atoms with Crippen molar-refractivity contribution < 1.29 is 8.42 Å². The number of hydrogen-bond acceptors (Lipinski definition) is 3. The molecule has 0 atom stereocenters. The van der Waals surface area contributed by atoms with Crippen LogP contribution in [0.1, 0.15) is 30.4 Å². The molecule has 4 heteroatoms. The molecule has 0 aliphatic heterocycles. The predicted octanol–water partition coefficient (Wildman–Crippen LogP) is 1.78. The monoisotopic (exact) mass is 253 g/mol. The molecular formula is C13H19NO2S. The summed E-state index contributed by atoms with van der Waals surface area (Å²) in [5, 5.41) is 0. The van der Waals surface area contributed by atoms with Gasteiger partial charge in [0, 0.05) is 18.2 Å². The summed E-state index contributed by atoms with van der Waals surface area (Å²) in [5.41, 5.74) is 7.64. The zero-order valence-corrected chi connectivity index (χ0v) is 11.2. The molecule has 0 spiro atoms. The second-order valence-corrected chi connectivity index (χ2v) is 7.09. The van der Waals surface area contributed by atoms with Gasteiger partial charge < -0.3 is 5.73 Å². The second-order valence-electron chi connectivity index (χ2n) is 5.11. The minimum absolute atomic E-state index is 0.105. The maximum absolute atomic E-state index is 11.9. The van der Waals surface area contributed by atoms with Crippen molar-refractivity contribution in [1.29, 1.82) is 0 Å². The summed E-state index contributed by atoms with van der Waals surface area (Å²) < 4.78 is 23.7. The summed E-state index contributed by atoms with van der Waals surface area (Å²) in [6, 6.07) is 5.68. The van der Waals surface area contributed by atoms with Crippen LogP contribution >= 0.6 is 0 Å². The Morgan fingerprint density at radius 1 is 1.35 bits per heavy atom. The molecule has 0 unspecified atom stereocenters. The summed E-state index contributed by atoms with van der Waals surface area (Å²) >= 11 is 0. The largest absolute Gasteiger partial charge is 0.330 e. The van der Waals surface area contributed by atoms with E-state index in [-0.39, 0.29) is 5.41 Å². The van der Waals surface area contributed by atoms with E-state index in [1.165, 1.54) is 6.26 Å². The first-order valence-corrected chi connectivity index (χ1v) is 7.79. The van der Waals surface area contributed by atoms with E-state index in [2.05, 4.69) is 0 Å². The van der Waals surface area contributed by atoms with Gasteiger partial charge in [-0.2, -0.15) is 0 Å². The summed E-state index contributed by atoms with van der Waals surface area (Å²) in [7, 11) is -3.18. The molecule has 1 aliphatic carbocycles. The SMILES string of the molecule is Cc1ccc(C2(CN)CCC2)c(S(C)(=O)=O)c1. The molecule has 1 aliphatic rings. The highest BCUT2D eigenvalue weighted by molar-refractivity contribution is 7.90. The molecule has 0 radical (unpaired) electrons. The molecule has 0 amide bonds. The third-order valence-corrected chi connectivity index (χ3v) is 4.95. The van der Waals surface area contributed by atoms with Crippen molar-refractivity contribution >= 4 is 9.84 Å². The average molecular weight is 253 g/mol. The minimum Gasteiger partial charge on any atom is -0.330 e. The Hall–Kier alpha value is -0.870. The zero-order valence-electron chi connectivity index (χ0n) is 10.4. The molecular weight excluding hydrogens is 234 g/mol. The Labute approximate surface area is 103 Å². The van der Waals surface area contributed by atoms with Crippen molar-refractivity contribution in [2.75, 3.05) is 12.8 Å². The lowest BCUT2D eigenvalue weighted by molar-refractivity contribution is 0.248. The first kappa shape index (κ1) is 12.6. The van der Waals surface area contributed by atoms with Gasteiger partial charge in [-0.3, -0.25) is 0 Å². The lowest BCUT2D eigenvalue weighted by Crippen LogP contribution is -2.42. The van der Waals surface area contributed by atoms with E-state index in [1.54, 1.807) is 6.07 Å². The van der Waals surface area contributed by atoms with Gasteiger partial charge in [0.15, 0.2) is 9.84 Å². The zero-order chi connectivity index (χ0) is 12.7. The van der Waals surface area contributed by atoms with E-state index in [4.69, 9.17) is 5.73 Å². The molecule has 3 nitrogen and oxygen atoms in total. The Morgan fingerprint density at radius 3 is 2.41 bits per heavy atom. The van der Waals surface area contributed by atoms with Crippen LogP contribution in [0.5, 0.6) is 0 Å². The molecule has 1 aromatic rings. The number of sulfone groups is 1. The van der Waals surface area contributed by atoms with Crippen LogP contribution in [0, 0.1) is 6.92 Å². The Bertz CT molecular complexity index is 525. The van der Waals surface area contributed by atoms with Gasteiger partial charge in [0.2, 0.25) is 0 Å². The molecule has 1 saturated carbocycles. The van der Waals surface area contributed by atoms with Gasteiger partial charge in [-0.15, -0.1) is 0 Å². The number of rotatable bonds is 3. The topological polar surface area (TPSA) is 60.2 Å². The first-order chi connectivity index (χ1) is 7.89. The van der Waals surface area contributed by atoms with Crippen LogP contribution < -0.4 is 5.73 Å². The fourth-order valence-corrected chi connectivity index (χ4v) is 3.65. The van der Waals surface area contributed by atoms with Crippen LogP contribution in [0.25, 0.3) is 0 Å². The van der Waals surface area contributed by atoms with Crippen molar-refractivity contribution in [2.45, 2.75) is 36.5 Å². The van der Waals surface area contributed by atoms with Gasteiger partial charge >= 0.3 is 0 Å². The molecule has 0 bridgehead atoms. The molecule has 1 aromatic carbocycles. The quantitative estimate of drug-likeness (QED) is 0.893. The van der Waals surface area contributed by atoms with E-state index < -0.39 is 9.84 Å². The van der Waals surface area contributed by atoms with Crippen LogP contribution in [0.2, 0.25) is 0 Å². The van der Waals surface area contributed by atoms with Gasteiger partial charge in [-0.1, -0.05) is 18.6 Å². The third kappa shape index (κ3) is 2.11. The van der Waals surface area contributed by atoms with Crippen molar-refractivity contribution in [2.24, 2.45) is 5.73 Å². The highest BCUT2D eigenvalue weighted by Gasteiger charge is 2.40. The third-order valence-electron chi connectivity index (χ3n) is 3.81. The Balaban J connectivity index is 2.62.